The van der Waals surface area contributed by atoms with Crippen molar-refractivity contribution < 1.29 is 4.79 Å². The van der Waals surface area contributed by atoms with Gasteiger partial charge in [-0.15, -0.1) is 11.3 Å². The molecular formula is C7H7ClN2OS. The first-order valence-corrected chi connectivity index (χ1v) is 4.52. The highest BCUT2D eigenvalue weighted by molar-refractivity contribution is 7.07. The van der Waals surface area contributed by atoms with Crippen LogP contribution in [0.2, 0.25) is 0 Å². The number of carbonyl (C=O) groups is 1. The van der Waals surface area contributed by atoms with E-state index in [0.717, 1.165) is 5.69 Å². The van der Waals surface area contributed by atoms with Gasteiger partial charge in [-0.05, 0) is 0 Å². The van der Waals surface area contributed by atoms with Crippen molar-refractivity contribution in [1.29, 1.82) is 0 Å². The quantitative estimate of drug-likeness (QED) is 0.756. The molecular weight excluding hydrogens is 196 g/mol. The Kier molecular flexibility index (Phi) is 3.25. The molecule has 3 nitrogen and oxygen atoms in total. The number of thiazole rings is 1. The number of hydrogen-bond donors (Lipinski definition) is 1. The second-order valence-electron chi connectivity index (χ2n) is 2.07. The average Bonchev–Trinajstić information content (AvgIpc) is 2.51. The van der Waals surface area contributed by atoms with E-state index in [1.54, 1.807) is 5.51 Å². The molecule has 64 valence electrons. The summed E-state index contributed by atoms with van der Waals surface area (Å²) in [5.74, 6) is -0.357. The summed E-state index contributed by atoms with van der Waals surface area (Å²) < 4.78 is 0. The number of rotatable bonds is 3. The highest BCUT2D eigenvalue weighted by Crippen LogP contribution is 2.01. The summed E-state index contributed by atoms with van der Waals surface area (Å²) >= 11 is 6.83. The topological polar surface area (TPSA) is 42.0 Å². The normalized spacial score (nSPS) is 9.42. The van der Waals surface area contributed by atoms with Crippen LogP contribution in [0, 0.1) is 0 Å². The second kappa shape index (κ2) is 4.23. The molecule has 1 heterocycles. The Morgan fingerprint density at radius 1 is 1.83 bits per heavy atom. The van der Waals surface area contributed by atoms with Gasteiger partial charge in [0, 0.05) is 5.38 Å². The lowest BCUT2D eigenvalue weighted by Crippen LogP contribution is -2.22. The number of nitrogens with zero attached hydrogens (tertiary/aromatic N) is 1. The zero-order valence-electron chi connectivity index (χ0n) is 6.21. The fourth-order valence-electron chi connectivity index (χ4n) is 0.592. The second-order valence-corrected chi connectivity index (χ2v) is 3.24. The molecule has 0 unspecified atom stereocenters. The molecule has 5 heteroatoms. The molecule has 1 aromatic rings. The molecule has 0 radical (unpaired) electrons. The van der Waals surface area contributed by atoms with Crippen LogP contribution >= 0.6 is 22.9 Å². The van der Waals surface area contributed by atoms with Crippen LogP contribution in [-0.2, 0) is 11.3 Å². The molecule has 0 aliphatic heterocycles. The van der Waals surface area contributed by atoms with Crippen molar-refractivity contribution in [2.24, 2.45) is 0 Å². The summed E-state index contributed by atoms with van der Waals surface area (Å²) in [6.45, 7) is 3.69. The van der Waals surface area contributed by atoms with E-state index in [4.69, 9.17) is 11.6 Å². The van der Waals surface area contributed by atoms with Gasteiger partial charge in [0.2, 0.25) is 0 Å². The molecule has 0 aromatic carbocycles. The van der Waals surface area contributed by atoms with Crippen LogP contribution in [0.3, 0.4) is 0 Å². The number of carbonyl (C=O) groups excluding carboxylic acids is 1. The van der Waals surface area contributed by atoms with Gasteiger partial charge < -0.3 is 5.32 Å². The fourth-order valence-corrected chi connectivity index (χ4v) is 1.22. The standard InChI is InChI=1S/C7H7ClN2OS/c1-5(8)7(11)9-2-6-3-12-4-10-6/h3-4H,1-2H2,(H,9,11). The molecule has 0 saturated heterocycles. The molecule has 0 bridgehead atoms. The van der Waals surface area contributed by atoms with Crippen molar-refractivity contribution in [2.75, 3.05) is 0 Å². The molecule has 1 N–H and O–H groups in total. The van der Waals surface area contributed by atoms with Crippen LogP contribution in [0.25, 0.3) is 0 Å². The molecule has 0 saturated carbocycles. The van der Waals surface area contributed by atoms with Crippen LogP contribution in [0.1, 0.15) is 5.69 Å². The Morgan fingerprint density at radius 3 is 3.08 bits per heavy atom. The minimum atomic E-state index is -0.357. The monoisotopic (exact) mass is 202 g/mol. The van der Waals surface area contributed by atoms with Crippen LogP contribution in [0.15, 0.2) is 22.5 Å². The summed E-state index contributed by atoms with van der Waals surface area (Å²) in [6, 6.07) is 0. The van der Waals surface area contributed by atoms with E-state index >= 15 is 0 Å². The number of nitrogens with one attached hydrogen (secondary N) is 1. The molecule has 1 amide bonds. The first-order valence-electron chi connectivity index (χ1n) is 3.20. The predicted molar refractivity (Wildman–Crippen MR) is 49.0 cm³/mol. The summed E-state index contributed by atoms with van der Waals surface area (Å²) in [4.78, 5) is 14.8. The molecule has 12 heavy (non-hydrogen) atoms. The van der Waals surface area contributed by atoms with Gasteiger partial charge in [-0.1, -0.05) is 18.2 Å². The lowest BCUT2D eigenvalue weighted by molar-refractivity contribution is -0.117. The van der Waals surface area contributed by atoms with Gasteiger partial charge in [0.25, 0.3) is 5.91 Å². The first-order chi connectivity index (χ1) is 5.70. The first kappa shape index (κ1) is 9.22. The molecule has 0 spiro atoms. The van der Waals surface area contributed by atoms with Gasteiger partial charge in [-0.25, -0.2) is 4.98 Å². The van der Waals surface area contributed by atoms with E-state index in [1.807, 2.05) is 5.38 Å². The zero-order valence-corrected chi connectivity index (χ0v) is 7.78. The summed E-state index contributed by atoms with van der Waals surface area (Å²) in [7, 11) is 0. The van der Waals surface area contributed by atoms with E-state index < -0.39 is 0 Å². The summed E-state index contributed by atoms with van der Waals surface area (Å²) in [5, 5.41) is 4.41. The summed E-state index contributed by atoms with van der Waals surface area (Å²) in [6.07, 6.45) is 0. The maximum absolute atomic E-state index is 10.9. The van der Waals surface area contributed by atoms with Crippen molar-refractivity contribution in [2.45, 2.75) is 6.54 Å². The maximum atomic E-state index is 10.9. The third-order valence-electron chi connectivity index (χ3n) is 1.16. The van der Waals surface area contributed by atoms with Gasteiger partial charge in [0.05, 0.1) is 22.8 Å². The molecule has 1 rings (SSSR count). The minimum absolute atomic E-state index is 0.00905. The Morgan fingerprint density at radius 2 is 2.58 bits per heavy atom. The van der Waals surface area contributed by atoms with Gasteiger partial charge in [-0.2, -0.15) is 0 Å². The SMILES string of the molecule is C=C(Cl)C(=O)NCc1cscn1. The number of amides is 1. The number of halogens is 1. The predicted octanol–water partition coefficient (Wildman–Crippen LogP) is 1.51. The van der Waals surface area contributed by atoms with E-state index in [0.29, 0.717) is 6.54 Å². The van der Waals surface area contributed by atoms with Crippen LogP contribution in [0.4, 0.5) is 0 Å². The van der Waals surface area contributed by atoms with Gasteiger partial charge >= 0.3 is 0 Å². The van der Waals surface area contributed by atoms with Crippen molar-refractivity contribution in [3.63, 3.8) is 0 Å². The Hall–Kier alpha value is -0.870. The van der Waals surface area contributed by atoms with Crippen molar-refractivity contribution >= 4 is 28.8 Å². The van der Waals surface area contributed by atoms with E-state index in [9.17, 15) is 4.79 Å². The van der Waals surface area contributed by atoms with Gasteiger partial charge in [0.1, 0.15) is 0 Å². The lowest BCUT2D eigenvalue weighted by Gasteiger charge is -1.99. The van der Waals surface area contributed by atoms with E-state index in [1.165, 1.54) is 11.3 Å². The van der Waals surface area contributed by atoms with Crippen LogP contribution in [0.5, 0.6) is 0 Å². The number of aromatic nitrogens is 1. The Balaban J connectivity index is 2.37. The van der Waals surface area contributed by atoms with Gasteiger partial charge in [-0.3, -0.25) is 4.79 Å². The lowest BCUT2D eigenvalue weighted by atomic mass is 10.4. The molecule has 0 aliphatic carbocycles. The minimum Gasteiger partial charge on any atom is -0.346 e. The van der Waals surface area contributed by atoms with E-state index in [-0.39, 0.29) is 10.9 Å². The molecule has 0 fully saturated rings. The highest BCUT2D eigenvalue weighted by atomic mass is 35.5. The van der Waals surface area contributed by atoms with E-state index in [2.05, 4.69) is 16.9 Å². The number of hydrogen-bond acceptors (Lipinski definition) is 3. The highest BCUT2D eigenvalue weighted by Gasteiger charge is 2.02. The zero-order chi connectivity index (χ0) is 8.97. The third-order valence-corrected chi connectivity index (χ3v) is 1.97. The van der Waals surface area contributed by atoms with Crippen molar-refractivity contribution in [1.82, 2.24) is 10.3 Å². The van der Waals surface area contributed by atoms with Crippen LogP contribution in [-0.4, -0.2) is 10.9 Å². The van der Waals surface area contributed by atoms with Crippen molar-refractivity contribution in [3.05, 3.63) is 28.2 Å². The Labute approximate surface area is 79.1 Å². The van der Waals surface area contributed by atoms with Crippen molar-refractivity contribution in [3.8, 4) is 0 Å². The Bertz CT molecular complexity index is 284. The van der Waals surface area contributed by atoms with Crippen LogP contribution < -0.4 is 5.32 Å². The molecule has 1 aromatic heterocycles. The van der Waals surface area contributed by atoms with Gasteiger partial charge in [0.15, 0.2) is 0 Å². The largest absolute Gasteiger partial charge is 0.346 e. The fraction of sp³-hybridized carbons (Fsp3) is 0.143. The average molecular weight is 203 g/mol. The smallest absolute Gasteiger partial charge is 0.262 e. The summed E-state index contributed by atoms with van der Waals surface area (Å²) in [5.41, 5.74) is 2.53. The third kappa shape index (κ3) is 2.64. The molecule has 0 aliphatic rings. The molecule has 0 atom stereocenters. The maximum Gasteiger partial charge on any atom is 0.262 e.